The molecule has 0 atom stereocenters. The lowest BCUT2D eigenvalue weighted by molar-refractivity contribution is 0.329. The van der Waals surface area contributed by atoms with Crippen molar-refractivity contribution in [3.05, 3.63) is 0 Å². The summed E-state index contributed by atoms with van der Waals surface area (Å²) in [4.78, 5) is 0. The van der Waals surface area contributed by atoms with E-state index in [-0.39, 0.29) is 0 Å². The predicted octanol–water partition coefficient (Wildman–Crippen LogP) is 6.06. The van der Waals surface area contributed by atoms with Crippen molar-refractivity contribution in [3.63, 3.8) is 0 Å². The summed E-state index contributed by atoms with van der Waals surface area (Å²) in [7, 11) is -7.42. The summed E-state index contributed by atoms with van der Waals surface area (Å²) in [6.45, 7) is 22.3. The molecule has 0 rings (SSSR count). The molecular weight excluding hydrogens is 341 g/mol. The van der Waals surface area contributed by atoms with Gasteiger partial charge in [0.1, 0.15) is 0 Å². The summed E-state index contributed by atoms with van der Waals surface area (Å²) in [6.07, 6.45) is 5.26. The van der Waals surface area contributed by atoms with Crippen LogP contribution < -0.4 is 0 Å². The van der Waals surface area contributed by atoms with Crippen molar-refractivity contribution in [3.8, 4) is 0 Å². The second kappa shape index (κ2) is 8.73. The highest BCUT2D eigenvalue weighted by molar-refractivity contribution is 6.89. The van der Waals surface area contributed by atoms with Crippen LogP contribution in [-0.2, 0) is 12.3 Å². The average molecular weight is 381 g/mol. The Morgan fingerprint density at radius 3 is 1.55 bits per heavy atom. The lowest BCUT2D eigenvalue weighted by Gasteiger charge is -2.40. The molecule has 3 nitrogen and oxygen atoms in total. The molecule has 0 heterocycles. The summed E-state index contributed by atoms with van der Waals surface area (Å²) in [5.41, 5.74) is 0. The van der Waals surface area contributed by atoms with Gasteiger partial charge in [-0.05, 0) is 65.0 Å². The molecule has 22 heavy (non-hydrogen) atoms. The van der Waals surface area contributed by atoms with Gasteiger partial charge in [-0.15, -0.1) is 0 Å². The van der Waals surface area contributed by atoms with Crippen LogP contribution in [0.4, 0.5) is 0 Å². The van der Waals surface area contributed by atoms with Gasteiger partial charge in [-0.2, -0.15) is 0 Å². The molecule has 134 valence electrons. The molecule has 0 amide bonds. The molecule has 0 radical (unpaired) electrons. The van der Waals surface area contributed by atoms with Gasteiger partial charge >= 0.3 is 17.1 Å². The Bertz CT molecular complexity index is 325. The topological polar surface area (TPSA) is 27.7 Å². The largest absolute Gasteiger partial charge is 0.437 e. The summed E-state index contributed by atoms with van der Waals surface area (Å²) in [5, 5.41) is 0. The highest BCUT2D eigenvalue weighted by Gasteiger charge is 2.42. The first-order valence-corrected chi connectivity index (χ1v) is 20.9. The van der Waals surface area contributed by atoms with Crippen LogP contribution in [-0.4, -0.2) is 33.8 Å². The zero-order valence-electron chi connectivity index (χ0n) is 16.8. The molecule has 0 spiro atoms. The maximum Gasteiger partial charge on any atom is 0.312 e. The molecular formula is C15H40O3Si4. The van der Waals surface area contributed by atoms with Crippen molar-refractivity contribution in [2.45, 2.75) is 97.6 Å². The third kappa shape index (κ3) is 12.2. The summed E-state index contributed by atoms with van der Waals surface area (Å²) in [6, 6.07) is 1.24. The molecule has 0 bridgehead atoms. The Labute approximate surface area is 143 Å². The number of unbranched alkanes of at least 4 members (excludes halogenated alkanes) is 3. The van der Waals surface area contributed by atoms with E-state index in [2.05, 4.69) is 65.8 Å². The second-order valence-electron chi connectivity index (χ2n) is 8.79. The van der Waals surface area contributed by atoms with Crippen LogP contribution in [0.3, 0.4) is 0 Å². The van der Waals surface area contributed by atoms with Gasteiger partial charge in [0.15, 0.2) is 16.6 Å². The third-order valence-corrected chi connectivity index (χ3v) is 17.3. The Morgan fingerprint density at radius 2 is 1.09 bits per heavy atom. The molecule has 0 aliphatic heterocycles. The van der Waals surface area contributed by atoms with Crippen molar-refractivity contribution < 1.29 is 12.3 Å². The van der Waals surface area contributed by atoms with E-state index in [1.807, 2.05) is 0 Å². The van der Waals surface area contributed by atoms with Crippen LogP contribution in [0, 0.1) is 0 Å². The minimum Gasteiger partial charge on any atom is -0.437 e. The van der Waals surface area contributed by atoms with Crippen molar-refractivity contribution >= 4 is 33.8 Å². The van der Waals surface area contributed by atoms with E-state index in [1.165, 1.54) is 31.7 Å². The highest BCUT2D eigenvalue weighted by Crippen LogP contribution is 2.26. The maximum absolute atomic E-state index is 6.58. The van der Waals surface area contributed by atoms with E-state index in [4.69, 9.17) is 12.3 Å². The maximum atomic E-state index is 6.58. The van der Waals surface area contributed by atoms with Gasteiger partial charge in [-0.3, -0.25) is 0 Å². The van der Waals surface area contributed by atoms with E-state index >= 15 is 0 Å². The minimum atomic E-state index is -2.12. The van der Waals surface area contributed by atoms with E-state index in [0.717, 1.165) is 0 Å². The first kappa shape index (κ1) is 22.7. The molecule has 0 saturated carbocycles. The van der Waals surface area contributed by atoms with Crippen molar-refractivity contribution in [1.29, 1.82) is 0 Å². The molecule has 0 aliphatic rings. The average Bonchev–Trinajstić information content (AvgIpc) is 2.16. The Kier molecular flexibility index (Phi) is 9.03. The van der Waals surface area contributed by atoms with E-state index in [0.29, 0.717) is 0 Å². The van der Waals surface area contributed by atoms with Crippen molar-refractivity contribution in [1.82, 2.24) is 0 Å². The highest BCUT2D eigenvalue weighted by atomic mass is 28.5. The molecule has 0 aromatic heterocycles. The number of rotatable bonds is 11. The van der Waals surface area contributed by atoms with E-state index < -0.39 is 33.8 Å². The molecule has 0 aromatic rings. The van der Waals surface area contributed by atoms with Crippen LogP contribution in [0.2, 0.25) is 65.0 Å². The summed E-state index contributed by atoms with van der Waals surface area (Å²) < 4.78 is 19.4. The fraction of sp³-hybridized carbons (Fsp3) is 1.00. The number of hydrogen-bond donors (Lipinski definition) is 0. The monoisotopic (exact) mass is 380 g/mol. The SMILES string of the molecule is CCCCCC[Si](C)(C)O[Si](C)(C)O[Si](C)(C)O[Si](C)(C)C. The molecule has 0 aliphatic carbocycles. The predicted molar refractivity (Wildman–Crippen MR) is 108 cm³/mol. The summed E-state index contributed by atoms with van der Waals surface area (Å²) >= 11 is 0. The Balaban J connectivity index is 4.53. The van der Waals surface area contributed by atoms with Crippen LogP contribution in [0.1, 0.15) is 32.6 Å². The molecule has 7 heteroatoms. The number of hydrogen-bond acceptors (Lipinski definition) is 3. The second-order valence-corrected chi connectivity index (χ2v) is 25.1. The van der Waals surface area contributed by atoms with Gasteiger partial charge in [0.25, 0.3) is 0 Å². The Hall–Kier alpha value is 0.748. The lowest BCUT2D eigenvalue weighted by atomic mass is 10.2. The van der Waals surface area contributed by atoms with Gasteiger partial charge in [0.05, 0.1) is 0 Å². The normalized spacial score (nSPS) is 14.5. The van der Waals surface area contributed by atoms with Gasteiger partial charge in [0, 0.05) is 0 Å². The zero-order chi connectivity index (χ0) is 17.7. The van der Waals surface area contributed by atoms with E-state index in [9.17, 15) is 0 Å². The summed E-state index contributed by atoms with van der Waals surface area (Å²) in [5.74, 6) is 0. The molecule has 0 fully saturated rings. The quantitative estimate of drug-likeness (QED) is 0.322. The fourth-order valence-electron chi connectivity index (χ4n) is 3.06. The van der Waals surface area contributed by atoms with Gasteiger partial charge in [-0.1, -0.05) is 32.6 Å². The van der Waals surface area contributed by atoms with Crippen LogP contribution in [0.15, 0.2) is 0 Å². The van der Waals surface area contributed by atoms with Gasteiger partial charge in [-0.25, -0.2) is 0 Å². The molecule has 0 unspecified atom stereocenters. The van der Waals surface area contributed by atoms with Crippen molar-refractivity contribution in [2.75, 3.05) is 0 Å². The lowest BCUT2D eigenvalue weighted by Crippen LogP contribution is -2.55. The van der Waals surface area contributed by atoms with Crippen molar-refractivity contribution in [2.24, 2.45) is 0 Å². The zero-order valence-corrected chi connectivity index (χ0v) is 20.8. The third-order valence-electron chi connectivity index (χ3n) is 3.20. The van der Waals surface area contributed by atoms with Crippen LogP contribution in [0.25, 0.3) is 0 Å². The fourth-order valence-corrected chi connectivity index (χ4v) is 21.6. The van der Waals surface area contributed by atoms with Gasteiger partial charge in [0.2, 0.25) is 0 Å². The van der Waals surface area contributed by atoms with E-state index in [1.54, 1.807) is 0 Å². The Morgan fingerprint density at radius 1 is 0.591 bits per heavy atom. The van der Waals surface area contributed by atoms with Crippen LogP contribution in [0.5, 0.6) is 0 Å². The van der Waals surface area contributed by atoms with Gasteiger partial charge < -0.3 is 12.3 Å². The van der Waals surface area contributed by atoms with Crippen LogP contribution >= 0.6 is 0 Å². The molecule has 0 N–H and O–H groups in total. The first-order valence-electron chi connectivity index (χ1n) is 8.79. The standard InChI is InChI=1S/C15H40O3Si4/c1-11-12-13-14-15-20(5,6)17-22(9,10)18-21(7,8)16-19(2,3)4/h11-15H2,1-10H3. The first-order chi connectivity index (χ1) is 9.68. The smallest absolute Gasteiger partial charge is 0.312 e. The minimum absolute atomic E-state index is 1.24. The molecule has 0 saturated heterocycles. The molecule has 0 aromatic carbocycles.